The summed E-state index contributed by atoms with van der Waals surface area (Å²) in [6.45, 7) is 2.27. The van der Waals surface area contributed by atoms with E-state index in [9.17, 15) is 4.79 Å². The van der Waals surface area contributed by atoms with Gasteiger partial charge in [-0.05, 0) is 42.9 Å². The number of rotatable bonds is 3. The third-order valence-electron chi connectivity index (χ3n) is 4.97. The molecule has 0 bridgehead atoms. The molecule has 4 aromatic heterocycles. The molecule has 5 nitrogen and oxygen atoms in total. The average Bonchev–Trinajstić information content (AvgIpc) is 3.19. The van der Waals surface area contributed by atoms with Gasteiger partial charge in [-0.2, -0.15) is 0 Å². The molecule has 27 heavy (non-hydrogen) atoms. The predicted octanol–water partition coefficient (Wildman–Crippen LogP) is 4.70. The standard InChI is InChI=1S/C19H17ClN4OS2/c1-10-2-4-13-14(6-10)27-18-16(13)17(25)22-19(23-18)26-9-12-8-24-7-11(20)3-5-15(24)21-12/h3,5,7-8,10H,2,4,6,9H2,1H3,(H,22,23,25)/t10-/m0/s1. The Kier molecular flexibility index (Phi) is 4.26. The number of aromatic amines is 1. The highest BCUT2D eigenvalue weighted by Crippen LogP contribution is 2.36. The Morgan fingerprint density at radius 3 is 3.15 bits per heavy atom. The molecule has 0 fully saturated rings. The lowest BCUT2D eigenvalue weighted by atomic mass is 9.89. The molecule has 0 saturated heterocycles. The fourth-order valence-corrected chi connectivity index (χ4v) is 5.98. The normalized spacial score (nSPS) is 16.9. The number of aromatic nitrogens is 4. The van der Waals surface area contributed by atoms with E-state index >= 15 is 0 Å². The Morgan fingerprint density at radius 1 is 1.37 bits per heavy atom. The van der Waals surface area contributed by atoms with E-state index in [1.54, 1.807) is 11.3 Å². The van der Waals surface area contributed by atoms with Crippen LogP contribution in [0.2, 0.25) is 5.02 Å². The molecule has 1 N–H and O–H groups in total. The van der Waals surface area contributed by atoms with Crippen LogP contribution in [0.4, 0.5) is 0 Å². The van der Waals surface area contributed by atoms with Crippen LogP contribution >= 0.6 is 34.7 Å². The van der Waals surface area contributed by atoms with Gasteiger partial charge in [-0.1, -0.05) is 30.3 Å². The number of hydrogen-bond donors (Lipinski definition) is 1. The smallest absolute Gasteiger partial charge is 0.260 e. The van der Waals surface area contributed by atoms with E-state index in [4.69, 9.17) is 16.6 Å². The van der Waals surface area contributed by atoms with Crippen molar-refractivity contribution in [3.63, 3.8) is 0 Å². The summed E-state index contributed by atoms with van der Waals surface area (Å²) < 4.78 is 1.91. The zero-order valence-corrected chi connectivity index (χ0v) is 17.0. The van der Waals surface area contributed by atoms with E-state index < -0.39 is 0 Å². The molecule has 138 valence electrons. The molecule has 1 aliphatic carbocycles. The molecule has 0 aromatic carbocycles. The molecule has 1 aliphatic rings. The molecule has 8 heteroatoms. The van der Waals surface area contributed by atoms with Crippen molar-refractivity contribution < 1.29 is 0 Å². The van der Waals surface area contributed by atoms with Crippen LogP contribution in [0, 0.1) is 5.92 Å². The maximum Gasteiger partial charge on any atom is 0.260 e. The summed E-state index contributed by atoms with van der Waals surface area (Å²) in [5.41, 5.74) is 2.98. The van der Waals surface area contributed by atoms with Crippen LogP contribution in [-0.4, -0.2) is 19.4 Å². The maximum absolute atomic E-state index is 12.7. The molecule has 0 amide bonds. The van der Waals surface area contributed by atoms with E-state index in [-0.39, 0.29) is 5.56 Å². The van der Waals surface area contributed by atoms with Crippen molar-refractivity contribution in [3.8, 4) is 0 Å². The molecule has 1 atom stereocenters. The van der Waals surface area contributed by atoms with Gasteiger partial charge in [0.25, 0.3) is 5.56 Å². The second-order valence-corrected chi connectivity index (χ2v) is 9.52. The highest BCUT2D eigenvalue weighted by molar-refractivity contribution is 7.98. The number of nitrogens with zero attached hydrogens (tertiary/aromatic N) is 3. The molecule has 0 aliphatic heterocycles. The Balaban J connectivity index is 1.44. The van der Waals surface area contributed by atoms with Crippen LogP contribution in [0.25, 0.3) is 15.9 Å². The minimum Gasteiger partial charge on any atom is -0.305 e. The van der Waals surface area contributed by atoms with Gasteiger partial charge in [0.15, 0.2) is 5.16 Å². The Hall–Kier alpha value is -1.83. The van der Waals surface area contributed by atoms with Crippen LogP contribution < -0.4 is 5.56 Å². The average molecular weight is 417 g/mol. The van der Waals surface area contributed by atoms with Gasteiger partial charge in [-0.25, -0.2) is 9.97 Å². The molecular weight excluding hydrogens is 400 g/mol. The molecule has 0 radical (unpaired) electrons. The monoisotopic (exact) mass is 416 g/mol. The van der Waals surface area contributed by atoms with Crippen LogP contribution in [-0.2, 0) is 18.6 Å². The van der Waals surface area contributed by atoms with Gasteiger partial charge in [0.2, 0.25) is 0 Å². The first-order chi connectivity index (χ1) is 13.1. The topological polar surface area (TPSA) is 63.1 Å². The summed E-state index contributed by atoms with van der Waals surface area (Å²) in [6.07, 6.45) is 6.98. The minimum atomic E-state index is -0.0173. The highest BCUT2D eigenvalue weighted by Gasteiger charge is 2.23. The van der Waals surface area contributed by atoms with E-state index in [2.05, 4.69) is 16.9 Å². The van der Waals surface area contributed by atoms with E-state index in [1.807, 2.05) is 28.9 Å². The third-order valence-corrected chi connectivity index (χ3v) is 7.24. The molecule has 5 rings (SSSR count). The van der Waals surface area contributed by atoms with E-state index in [0.717, 1.165) is 40.8 Å². The van der Waals surface area contributed by atoms with Gasteiger partial charge in [0.1, 0.15) is 10.5 Å². The number of H-pyrrole nitrogens is 1. The lowest BCUT2D eigenvalue weighted by Gasteiger charge is -2.17. The predicted molar refractivity (Wildman–Crippen MR) is 111 cm³/mol. The summed E-state index contributed by atoms with van der Waals surface area (Å²) in [5, 5.41) is 2.12. The summed E-state index contributed by atoms with van der Waals surface area (Å²) in [5.74, 6) is 1.32. The number of halogens is 1. The van der Waals surface area contributed by atoms with Crippen molar-refractivity contribution in [2.75, 3.05) is 0 Å². The zero-order valence-electron chi connectivity index (χ0n) is 14.7. The summed E-state index contributed by atoms with van der Waals surface area (Å²) in [6, 6.07) is 3.72. The maximum atomic E-state index is 12.7. The molecule has 0 unspecified atom stereocenters. The number of pyridine rings is 1. The summed E-state index contributed by atoms with van der Waals surface area (Å²) >= 11 is 9.20. The first-order valence-corrected chi connectivity index (χ1v) is 11.1. The van der Waals surface area contributed by atoms with Gasteiger partial charge in [-0.3, -0.25) is 4.79 Å². The number of imidazole rings is 1. The van der Waals surface area contributed by atoms with Crippen molar-refractivity contribution in [3.05, 3.63) is 56.0 Å². The Morgan fingerprint density at radius 2 is 2.26 bits per heavy atom. The van der Waals surface area contributed by atoms with Crippen molar-refractivity contribution in [1.29, 1.82) is 0 Å². The summed E-state index contributed by atoms with van der Waals surface area (Å²) in [7, 11) is 0. The third kappa shape index (κ3) is 3.17. The Bertz CT molecular complexity index is 1230. The second kappa shape index (κ2) is 6.65. The fraction of sp³-hybridized carbons (Fsp3) is 0.316. The largest absolute Gasteiger partial charge is 0.305 e. The summed E-state index contributed by atoms with van der Waals surface area (Å²) in [4.78, 5) is 27.1. The quantitative estimate of drug-likeness (QED) is 0.388. The lowest BCUT2D eigenvalue weighted by molar-refractivity contribution is 0.509. The molecule has 0 spiro atoms. The first kappa shape index (κ1) is 17.3. The lowest BCUT2D eigenvalue weighted by Crippen LogP contribution is -2.13. The van der Waals surface area contributed by atoms with Gasteiger partial charge in [0.05, 0.1) is 16.1 Å². The fourth-order valence-electron chi connectivity index (χ4n) is 3.63. The SMILES string of the molecule is C[C@H]1CCc2c(sc3nc(SCc4cn5cc(Cl)ccc5n4)[nH]c(=O)c23)C1. The number of thiophene rings is 1. The van der Waals surface area contributed by atoms with Crippen molar-refractivity contribution in [2.45, 2.75) is 37.1 Å². The van der Waals surface area contributed by atoms with E-state index in [0.29, 0.717) is 21.8 Å². The number of aryl methyl sites for hydroxylation is 1. The van der Waals surface area contributed by atoms with Gasteiger partial charge in [0, 0.05) is 23.0 Å². The molecular formula is C19H17ClN4OS2. The molecule has 0 saturated carbocycles. The van der Waals surface area contributed by atoms with Crippen LogP contribution in [0.1, 0.15) is 29.5 Å². The van der Waals surface area contributed by atoms with Crippen molar-refractivity contribution in [2.24, 2.45) is 5.92 Å². The van der Waals surface area contributed by atoms with Crippen LogP contribution in [0.15, 0.2) is 34.5 Å². The molecule has 4 aromatic rings. The number of hydrogen-bond acceptors (Lipinski definition) is 5. The van der Waals surface area contributed by atoms with Crippen molar-refractivity contribution >= 4 is 50.6 Å². The van der Waals surface area contributed by atoms with Crippen LogP contribution in [0.5, 0.6) is 0 Å². The number of fused-ring (bicyclic) bond motifs is 4. The van der Waals surface area contributed by atoms with Crippen LogP contribution in [0.3, 0.4) is 0 Å². The minimum absolute atomic E-state index is 0.0173. The first-order valence-electron chi connectivity index (χ1n) is 8.87. The second-order valence-electron chi connectivity index (χ2n) is 7.04. The molecule has 4 heterocycles. The van der Waals surface area contributed by atoms with E-state index in [1.165, 1.54) is 22.2 Å². The van der Waals surface area contributed by atoms with Crippen molar-refractivity contribution in [1.82, 2.24) is 19.4 Å². The Labute approximate surface area is 168 Å². The van der Waals surface area contributed by atoms with Gasteiger partial charge in [-0.15, -0.1) is 11.3 Å². The number of nitrogens with one attached hydrogen (secondary N) is 1. The highest BCUT2D eigenvalue weighted by atomic mass is 35.5. The van der Waals surface area contributed by atoms with Gasteiger partial charge < -0.3 is 9.38 Å². The van der Waals surface area contributed by atoms with Gasteiger partial charge >= 0.3 is 0 Å². The number of thioether (sulfide) groups is 1. The zero-order chi connectivity index (χ0) is 18.5.